The highest BCUT2D eigenvalue weighted by Gasteiger charge is 2.56. The molecule has 16 aromatic rings. The number of nitrogens with zero attached hydrogens (tertiary/aromatic N) is 16. The molecule has 32 nitrogen and oxygen atoms in total. The lowest BCUT2D eigenvalue weighted by atomic mass is 9.72. The summed E-state index contributed by atoms with van der Waals surface area (Å²) in [6.07, 6.45) is 9.40. The molecule has 128 heavy (non-hydrogen) atoms. The van der Waals surface area contributed by atoms with Crippen LogP contribution < -0.4 is 82.7 Å². The van der Waals surface area contributed by atoms with Crippen molar-refractivity contribution in [3.63, 3.8) is 0 Å². The van der Waals surface area contributed by atoms with Crippen molar-refractivity contribution in [3.8, 4) is 47.0 Å². The zero-order chi connectivity index (χ0) is 88.9. The molecule has 658 valence electrons. The number of aromatic amines is 4. The molecule has 4 unspecified atom stereocenters. The van der Waals surface area contributed by atoms with E-state index >= 15 is 13.2 Å². The first-order chi connectivity index (χ1) is 61.7. The average molecular weight is 1750 g/mol. The number of nitrogens with two attached hydrogens (primary N) is 4. The van der Waals surface area contributed by atoms with Crippen molar-refractivity contribution in [2.45, 2.75) is 71.1 Å². The number of hydrogen-bond acceptors (Lipinski definition) is 28. The molecule has 16 N–H and O–H groups in total. The summed E-state index contributed by atoms with van der Waals surface area (Å²) >= 11 is 0. The Labute approximate surface area is 722 Å². The molecule has 7 aliphatic rings. The van der Waals surface area contributed by atoms with Gasteiger partial charge in [-0.1, -0.05) is 0 Å². The first-order valence-corrected chi connectivity index (χ1v) is 41.7. The van der Waals surface area contributed by atoms with Gasteiger partial charge in [-0.3, -0.25) is 19.9 Å². The van der Waals surface area contributed by atoms with Crippen LogP contribution in [0.4, 0.5) is 81.1 Å². The summed E-state index contributed by atoms with van der Waals surface area (Å²) in [7, 11) is 6.60. The van der Waals surface area contributed by atoms with Gasteiger partial charge in [0.2, 0.25) is 0 Å². The maximum Gasteiger partial charge on any atom is 0.326 e. The Kier molecular flexibility index (Phi) is 20.4. The van der Waals surface area contributed by atoms with Crippen molar-refractivity contribution < 1.29 is 54.1 Å². The average Bonchev–Trinajstić information content (AvgIpc) is 1.62. The summed E-state index contributed by atoms with van der Waals surface area (Å²) in [6.45, 7) is 12.7. The molecule has 0 bridgehead atoms. The molecule has 6 atom stereocenters. The molecular weight excluding hydrogens is 1670 g/mol. The molecule has 3 aliphatic carbocycles. The van der Waals surface area contributed by atoms with E-state index in [1.807, 2.05) is 61.8 Å². The van der Waals surface area contributed by atoms with Crippen molar-refractivity contribution in [1.82, 2.24) is 79.7 Å². The summed E-state index contributed by atoms with van der Waals surface area (Å²) in [5.74, 6) is -2.11. The Morgan fingerprint density at radius 2 is 0.664 bits per heavy atom. The molecule has 4 saturated heterocycles. The van der Waals surface area contributed by atoms with Gasteiger partial charge in [0.05, 0.1) is 113 Å². The molecular formula is C88H86F8N28O4. The predicted octanol–water partition coefficient (Wildman–Crippen LogP) is 14.0. The van der Waals surface area contributed by atoms with E-state index in [1.165, 1.54) is 0 Å². The third kappa shape index (κ3) is 14.5. The smallest absolute Gasteiger partial charge is 0.326 e. The van der Waals surface area contributed by atoms with Gasteiger partial charge in [-0.25, -0.2) is 35.1 Å². The zero-order valence-corrected chi connectivity index (χ0v) is 70.3. The van der Waals surface area contributed by atoms with E-state index in [0.717, 1.165) is 72.8 Å². The van der Waals surface area contributed by atoms with Crippen molar-refractivity contribution in [2.75, 3.05) is 121 Å². The number of anilines is 8. The van der Waals surface area contributed by atoms with Crippen LogP contribution in [0.5, 0.6) is 47.0 Å². The van der Waals surface area contributed by atoms with Gasteiger partial charge in [0.25, 0.3) is 0 Å². The normalized spacial score (nSPS) is 19.4. The van der Waals surface area contributed by atoms with E-state index in [9.17, 15) is 22.0 Å². The van der Waals surface area contributed by atoms with Crippen LogP contribution in [-0.4, -0.2) is 184 Å². The SMILES string of the molecule is CNc1cc(F)c(F)c2c1[nH]c1nc(Oc3ccc(C)nc3)nc(N3CC(N)C3)c12.CNc1cc(F)c(F)c2c1[nH]c1nc(Oc3ccc(C)nc3)nc(N3CC4C(N)C4C3)c12.CNc1cc(F)c(F)c2c1[nH]c1nc(Oc3ccc(C)nc3)nc(N3CC4C[C@H](N)C4C3)c12.CNc1cc(F)c(F)c2c1[nH]c1nc(Oc3ccc(C)nc3)nc(N3C[C@H](N)C4(CC4)C3)c12. The summed E-state index contributed by atoms with van der Waals surface area (Å²) in [4.78, 5) is 73.8. The third-order valence-electron chi connectivity index (χ3n) is 25.4. The Bertz CT molecular complexity index is 7090. The standard InChI is InChI=1S/2C23H23F2N7O.C22H21F2N7O.C20H19F2N7O/c1-10-3-4-12(7-28-10)33-23-30-21-18(17-19(25)14(24)6-16(27-2)20(17)29-21)22(31-23)32-8-11-5-15(26)13(11)9-32;1-11-3-4-12(8-28-11)33-22-30-20-17(16-18(25)13(24)7-14(27-2)19(16)29-20)21(31-22)32-9-15(26)23(10-32)5-6-23;1-9-3-4-10(6-27-9)32-22-29-20-16(21(30-22)31-7-11-12(8-31)18(11)25)15-17(24)13(23)5-14(26-2)19(15)28-20;1-9-3-4-11(6-25-9)30-20-27-18-15(19(28-20)29-7-10(23)8-29)14-16(22)12(21)5-13(24-2)17(14)26-18/h3-4,6-7,11,13,15,27H,5,8-9,26H2,1-2H3,(H,29,30,31);3-4,7-8,15,27H,5-6,9-10,26H2,1-2H3,(H,29,30,31);3-6,11-12,18,26H,7-8,25H2,1-2H3,(H,28,29,30);3-6,10,24H,7-8,23H2,1-2H3,(H,26,27,28)/t11?,13?,15-;15-;;/m00../s1. The quantitative estimate of drug-likeness (QED) is 0.0400. The maximum atomic E-state index is 15.1. The zero-order valence-electron chi connectivity index (χ0n) is 70.3. The Hall–Kier alpha value is -14.1. The molecule has 0 amide bonds. The van der Waals surface area contributed by atoms with Crippen LogP contribution in [0.1, 0.15) is 42.0 Å². The molecule has 12 aromatic heterocycles. The van der Waals surface area contributed by atoms with Crippen molar-refractivity contribution in [3.05, 3.63) is 167 Å². The van der Waals surface area contributed by atoms with Crippen LogP contribution in [0, 0.1) is 103 Å². The first-order valence-electron chi connectivity index (χ1n) is 41.7. The third-order valence-corrected chi connectivity index (χ3v) is 25.4. The minimum absolute atomic E-state index is 0.00663. The lowest BCUT2D eigenvalue weighted by Gasteiger charge is -2.38. The Balaban J connectivity index is 0.000000107. The fourth-order valence-corrected chi connectivity index (χ4v) is 18.2. The van der Waals surface area contributed by atoms with Gasteiger partial charge in [0.1, 0.15) is 68.9 Å². The number of hydrogen-bond donors (Lipinski definition) is 12. The van der Waals surface area contributed by atoms with Crippen molar-refractivity contribution >= 4 is 134 Å². The second kappa shape index (κ2) is 31.8. The van der Waals surface area contributed by atoms with Crippen LogP contribution in [0.2, 0.25) is 0 Å². The van der Waals surface area contributed by atoms with Gasteiger partial charge in [0.15, 0.2) is 46.5 Å². The number of H-pyrrole nitrogens is 4. The number of aryl methyl sites for hydroxylation is 4. The second-order valence-electron chi connectivity index (χ2n) is 33.6. The highest BCUT2D eigenvalue weighted by molar-refractivity contribution is 6.18. The molecule has 4 aliphatic heterocycles. The molecule has 1 spiro atoms. The van der Waals surface area contributed by atoms with E-state index in [0.29, 0.717) is 205 Å². The topological polar surface area (TPSA) is 420 Å². The molecule has 16 heterocycles. The van der Waals surface area contributed by atoms with Crippen LogP contribution >= 0.6 is 0 Å². The highest BCUT2D eigenvalue weighted by Crippen LogP contribution is 2.55. The number of ether oxygens (including phenoxy) is 4. The number of aromatic nitrogens is 16. The lowest BCUT2D eigenvalue weighted by molar-refractivity contribution is 0.194. The minimum atomic E-state index is -0.957. The van der Waals surface area contributed by atoms with Crippen LogP contribution in [0.3, 0.4) is 0 Å². The van der Waals surface area contributed by atoms with E-state index in [1.54, 1.807) is 77.2 Å². The fourth-order valence-electron chi connectivity index (χ4n) is 18.2. The number of pyridine rings is 4. The van der Waals surface area contributed by atoms with E-state index < -0.39 is 46.5 Å². The van der Waals surface area contributed by atoms with Gasteiger partial charge in [0, 0.05) is 157 Å². The summed E-state index contributed by atoms with van der Waals surface area (Å²) < 4.78 is 141. The highest BCUT2D eigenvalue weighted by atomic mass is 19.2. The van der Waals surface area contributed by atoms with Gasteiger partial charge in [-0.15, -0.1) is 0 Å². The van der Waals surface area contributed by atoms with Gasteiger partial charge >= 0.3 is 24.0 Å². The van der Waals surface area contributed by atoms with E-state index in [2.05, 4.69) is 111 Å². The molecule has 4 aromatic carbocycles. The van der Waals surface area contributed by atoms with Crippen molar-refractivity contribution in [2.24, 2.45) is 52.0 Å². The number of nitrogens with one attached hydrogen (secondary N) is 8. The monoisotopic (exact) mass is 1750 g/mol. The molecule has 7 fully saturated rings. The van der Waals surface area contributed by atoms with Crippen LogP contribution in [-0.2, 0) is 0 Å². The lowest BCUT2D eigenvalue weighted by Crippen LogP contribution is -2.56. The molecule has 40 heteroatoms. The predicted molar refractivity (Wildman–Crippen MR) is 471 cm³/mol. The largest absolute Gasteiger partial charge is 0.423 e. The number of piperidine rings is 1. The number of benzene rings is 4. The number of halogens is 8. The summed E-state index contributed by atoms with van der Waals surface area (Å²) in [5, 5.41) is 13.7. The van der Waals surface area contributed by atoms with Crippen LogP contribution in [0.25, 0.3) is 87.7 Å². The van der Waals surface area contributed by atoms with Crippen LogP contribution in [0.15, 0.2) is 97.6 Å². The number of rotatable bonds is 16. The molecule has 0 radical (unpaired) electrons. The Morgan fingerprint density at radius 3 is 0.930 bits per heavy atom. The van der Waals surface area contributed by atoms with Gasteiger partial charge in [-0.05, 0) is 119 Å². The van der Waals surface area contributed by atoms with Crippen molar-refractivity contribution in [1.29, 1.82) is 0 Å². The molecule has 3 saturated carbocycles. The van der Waals surface area contributed by atoms with E-state index in [-0.39, 0.29) is 75.2 Å². The number of fused-ring (bicyclic) bond motifs is 14. The first kappa shape index (κ1) is 82.2. The minimum Gasteiger partial charge on any atom is -0.423 e. The Morgan fingerprint density at radius 1 is 0.367 bits per heavy atom. The summed E-state index contributed by atoms with van der Waals surface area (Å²) in [6, 6.07) is 19.5. The van der Waals surface area contributed by atoms with Gasteiger partial charge < -0.3 is 103 Å². The maximum absolute atomic E-state index is 15.1. The molecule has 23 rings (SSSR count). The van der Waals surface area contributed by atoms with Gasteiger partial charge in [-0.2, -0.15) is 39.9 Å². The summed E-state index contributed by atoms with van der Waals surface area (Å²) in [5.41, 5.74) is 33.0. The second-order valence-corrected chi connectivity index (χ2v) is 33.6. The fraction of sp³-hybridized carbons (Fsp3) is 0.318. The van der Waals surface area contributed by atoms with E-state index in [4.69, 9.17) is 41.9 Å².